The van der Waals surface area contributed by atoms with E-state index in [4.69, 9.17) is 23.2 Å². The van der Waals surface area contributed by atoms with Crippen LogP contribution in [0.4, 0.5) is 0 Å². The smallest absolute Gasteiger partial charge is 0.211 e. The maximum Gasteiger partial charge on any atom is 0.243 e. The Hall–Kier alpha value is 0.670. The second-order valence-electron chi connectivity index (χ2n) is 4.20. The van der Waals surface area contributed by atoms with Gasteiger partial charge in [0.25, 0.3) is 0 Å². The number of halogens is 4. The van der Waals surface area contributed by atoms with Crippen LogP contribution in [0, 0.1) is 0 Å². The highest BCUT2D eigenvalue weighted by molar-refractivity contribution is 9.10. The summed E-state index contributed by atoms with van der Waals surface area (Å²) in [6, 6.07) is 3.02. The average Bonchev–Trinajstić information content (AvgIpc) is 2.31. The minimum absolute atomic E-state index is 0.0653. The summed E-state index contributed by atoms with van der Waals surface area (Å²) in [4.78, 5) is -0.0653. The zero-order chi connectivity index (χ0) is 15.2. The van der Waals surface area contributed by atoms with Crippen molar-refractivity contribution in [3.05, 3.63) is 26.7 Å². The summed E-state index contributed by atoms with van der Waals surface area (Å²) in [6.07, 6.45) is 3.94. The van der Waals surface area contributed by atoms with E-state index in [1.165, 1.54) is 12.1 Å². The summed E-state index contributed by atoms with van der Waals surface area (Å²) in [7, 11) is -3.68. The Morgan fingerprint density at radius 2 is 1.60 bits per heavy atom. The topological polar surface area (TPSA) is 46.2 Å². The number of unbranched alkanes of at least 4 members (excludes halogenated alkanes) is 3. The second kappa shape index (κ2) is 8.96. The van der Waals surface area contributed by atoms with Crippen LogP contribution in [-0.4, -0.2) is 20.3 Å². The van der Waals surface area contributed by atoms with Crippen molar-refractivity contribution in [2.45, 2.75) is 30.6 Å². The molecule has 0 aromatic heterocycles. The highest BCUT2D eigenvalue weighted by Gasteiger charge is 2.21. The van der Waals surface area contributed by atoms with E-state index < -0.39 is 10.0 Å². The minimum atomic E-state index is -3.68. The highest BCUT2D eigenvalue weighted by atomic mass is 79.9. The van der Waals surface area contributed by atoms with Gasteiger partial charge in [-0.2, -0.15) is 0 Å². The number of hydrogen-bond acceptors (Lipinski definition) is 2. The number of alkyl halides is 1. The molecule has 114 valence electrons. The molecule has 8 heteroatoms. The maximum atomic E-state index is 12.2. The van der Waals surface area contributed by atoms with Crippen molar-refractivity contribution in [2.75, 3.05) is 11.9 Å². The molecule has 0 spiro atoms. The lowest BCUT2D eigenvalue weighted by atomic mass is 10.2. The molecule has 1 aromatic carbocycles. The van der Waals surface area contributed by atoms with Gasteiger partial charge in [0, 0.05) is 16.3 Å². The Morgan fingerprint density at radius 3 is 2.15 bits per heavy atom. The lowest BCUT2D eigenvalue weighted by Crippen LogP contribution is -2.25. The van der Waals surface area contributed by atoms with E-state index in [2.05, 4.69) is 36.6 Å². The quantitative estimate of drug-likeness (QED) is 0.432. The molecule has 0 radical (unpaired) electrons. The van der Waals surface area contributed by atoms with E-state index in [1.807, 2.05) is 0 Å². The monoisotopic (exact) mass is 465 g/mol. The molecule has 0 saturated carbocycles. The van der Waals surface area contributed by atoms with E-state index in [0.29, 0.717) is 11.0 Å². The Bertz CT molecular complexity index is 529. The maximum absolute atomic E-state index is 12.2. The third-order valence-corrected chi connectivity index (χ3v) is 5.98. The zero-order valence-electron chi connectivity index (χ0n) is 10.6. The van der Waals surface area contributed by atoms with Crippen molar-refractivity contribution in [1.82, 2.24) is 4.72 Å². The molecular formula is C12H15Br2Cl2NO2S. The largest absolute Gasteiger partial charge is 0.243 e. The van der Waals surface area contributed by atoms with Crippen LogP contribution in [0.3, 0.4) is 0 Å². The van der Waals surface area contributed by atoms with Gasteiger partial charge < -0.3 is 0 Å². The van der Waals surface area contributed by atoms with Crippen LogP contribution in [0.1, 0.15) is 25.7 Å². The van der Waals surface area contributed by atoms with Gasteiger partial charge in [0.05, 0.1) is 10.0 Å². The fraction of sp³-hybridized carbons (Fsp3) is 0.500. The molecule has 3 nitrogen and oxygen atoms in total. The number of nitrogens with one attached hydrogen (secondary N) is 1. The van der Waals surface area contributed by atoms with E-state index in [0.717, 1.165) is 31.0 Å². The zero-order valence-corrected chi connectivity index (χ0v) is 16.1. The summed E-state index contributed by atoms with van der Waals surface area (Å²) < 4.78 is 27.5. The minimum Gasteiger partial charge on any atom is -0.211 e. The number of hydrogen-bond donors (Lipinski definition) is 1. The van der Waals surface area contributed by atoms with Crippen molar-refractivity contribution in [3.63, 3.8) is 0 Å². The van der Waals surface area contributed by atoms with Gasteiger partial charge in [0.2, 0.25) is 10.0 Å². The van der Waals surface area contributed by atoms with Gasteiger partial charge in [-0.1, -0.05) is 67.9 Å². The van der Waals surface area contributed by atoms with Crippen LogP contribution >= 0.6 is 55.1 Å². The first-order valence-electron chi connectivity index (χ1n) is 6.08. The lowest BCUT2D eigenvalue weighted by Gasteiger charge is -2.10. The normalized spacial score (nSPS) is 11.8. The second-order valence-corrected chi connectivity index (χ2v) is 8.43. The van der Waals surface area contributed by atoms with Crippen molar-refractivity contribution in [3.8, 4) is 0 Å². The van der Waals surface area contributed by atoms with Crippen LogP contribution in [0.15, 0.2) is 21.5 Å². The van der Waals surface area contributed by atoms with Crippen molar-refractivity contribution in [2.24, 2.45) is 0 Å². The molecule has 1 aromatic rings. The first-order chi connectivity index (χ1) is 9.38. The summed E-state index contributed by atoms with van der Waals surface area (Å²) in [5.74, 6) is 0. The Kier molecular flexibility index (Phi) is 8.38. The first kappa shape index (κ1) is 18.7. The molecule has 1 N–H and O–H groups in total. The van der Waals surface area contributed by atoms with E-state index in [1.54, 1.807) is 0 Å². The molecule has 0 amide bonds. The first-order valence-corrected chi connectivity index (χ1v) is 10.2. The van der Waals surface area contributed by atoms with E-state index in [-0.39, 0.29) is 14.9 Å². The number of sulfonamides is 1. The average molecular weight is 468 g/mol. The summed E-state index contributed by atoms with van der Waals surface area (Å²) >= 11 is 18.5. The predicted octanol–water partition coefficient (Wildman–Crippen LogP) is 4.99. The van der Waals surface area contributed by atoms with E-state index in [9.17, 15) is 8.42 Å². The van der Waals surface area contributed by atoms with Crippen LogP contribution in [0.25, 0.3) is 0 Å². The van der Waals surface area contributed by atoms with Crippen LogP contribution in [0.2, 0.25) is 10.0 Å². The number of benzene rings is 1. The van der Waals surface area contributed by atoms with Crippen molar-refractivity contribution >= 4 is 65.1 Å². The molecular weight excluding hydrogens is 453 g/mol. The molecule has 0 atom stereocenters. The van der Waals surface area contributed by atoms with Gasteiger partial charge in [0.15, 0.2) is 0 Å². The molecule has 0 bridgehead atoms. The van der Waals surface area contributed by atoms with Gasteiger partial charge in [0.1, 0.15) is 4.90 Å². The molecule has 0 aliphatic heterocycles. The van der Waals surface area contributed by atoms with Crippen LogP contribution in [0.5, 0.6) is 0 Å². The standard InChI is InChI=1S/C12H15Br2Cl2NO2S/c13-5-3-1-2-4-6-17-20(18,19)12-10(15)7-9(14)8-11(12)16/h7-8,17H,1-6H2. The fourth-order valence-electron chi connectivity index (χ4n) is 1.64. The molecule has 1 rings (SSSR count). The lowest BCUT2D eigenvalue weighted by molar-refractivity contribution is 0.574. The van der Waals surface area contributed by atoms with Gasteiger partial charge in [-0.05, 0) is 25.0 Å². The third-order valence-electron chi connectivity index (χ3n) is 2.58. The highest BCUT2D eigenvalue weighted by Crippen LogP contribution is 2.32. The Morgan fingerprint density at radius 1 is 1.05 bits per heavy atom. The van der Waals surface area contributed by atoms with Crippen LogP contribution in [-0.2, 0) is 10.0 Å². The van der Waals surface area contributed by atoms with Crippen LogP contribution < -0.4 is 4.72 Å². The van der Waals surface area contributed by atoms with E-state index >= 15 is 0 Å². The molecule has 0 saturated heterocycles. The predicted molar refractivity (Wildman–Crippen MR) is 91.6 cm³/mol. The number of rotatable bonds is 8. The molecule has 0 aliphatic rings. The Labute approximate surface area is 146 Å². The molecule has 0 heterocycles. The third kappa shape index (κ3) is 5.81. The molecule has 20 heavy (non-hydrogen) atoms. The SMILES string of the molecule is O=S(=O)(NCCCCCCBr)c1c(Cl)cc(Br)cc1Cl. The molecule has 0 fully saturated rings. The van der Waals surface area contributed by atoms with Crippen molar-refractivity contribution in [1.29, 1.82) is 0 Å². The van der Waals surface area contributed by atoms with Gasteiger partial charge in [-0.3, -0.25) is 0 Å². The summed E-state index contributed by atoms with van der Waals surface area (Å²) in [5, 5.41) is 1.19. The van der Waals surface area contributed by atoms with Gasteiger partial charge in [-0.25, -0.2) is 13.1 Å². The summed E-state index contributed by atoms with van der Waals surface area (Å²) in [6.45, 7) is 0.382. The van der Waals surface area contributed by atoms with Crippen molar-refractivity contribution < 1.29 is 8.42 Å². The summed E-state index contributed by atoms with van der Waals surface area (Å²) in [5.41, 5.74) is 0. The molecule has 0 unspecified atom stereocenters. The van der Waals surface area contributed by atoms with Gasteiger partial charge >= 0.3 is 0 Å². The van der Waals surface area contributed by atoms with Gasteiger partial charge in [-0.15, -0.1) is 0 Å². The fourth-order valence-corrected chi connectivity index (χ4v) is 5.04. The Balaban J connectivity index is 2.66. The molecule has 0 aliphatic carbocycles.